The van der Waals surface area contributed by atoms with Crippen LogP contribution in [0.25, 0.3) is 0 Å². The maximum Gasteiger partial charge on any atom is 0.194 e. The highest BCUT2D eigenvalue weighted by Crippen LogP contribution is 2.27. The van der Waals surface area contributed by atoms with Crippen LogP contribution in [0.4, 0.5) is 13.2 Å². The first-order chi connectivity index (χ1) is 8.59. The van der Waals surface area contributed by atoms with E-state index in [4.69, 9.17) is 4.74 Å². The molecule has 2 rings (SSSR count). The number of benzene rings is 1. The highest BCUT2D eigenvalue weighted by Gasteiger charge is 2.21. The summed E-state index contributed by atoms with van der Waals surface area (Å²) in [5.74, 6) is -4.10. The molecular weight excluding hydrogens is 245 g/mol. The van der Waals surface area contributed by atoms with Gasteiger partial charge in [-0.15, -0.1) is 0 Å². The maximum absolute atomic E-state index is 13.4. The molecule has 0 aliphatic carbocycles. The Morgan fingerprint density at radius 2 is 2.06 bits per heavy atom. The van der Waals surface area contributed by atoms with Gasteiger partial charge in [-0.05, 0) is 31.7 Å². The van der Waals surface area contributed by atoms with Gasteiger partial charge < -0.3 is 9.84 Å². The van der Waals surface area contributed by atoms with E-state index in [2.05, 4.69) is 0 Å². The van der Waals surface area contributed by atoms with Crippen LogP contribution >= 0.6 is 0 Å². The lowest BCUT2D eigenvalue weighted by molar-refractivity contribution is 0.0800. The molecule has 0 aromatic heterocycles. The predicted octanol–water partition coefficient (Wildman–Crippen LogP) is 3.10. The molecule has 0 amide bonds. The third kappa shape index (κ3) is 2.84. The summed E-state index contributed by atoms with van der Waals surface area (Å²) in [6.07, 6.45) is 1.71. The first kappa shape index (κ1) is 13.4. The van der Waals surface area contributed by atoms with Crippen molar-refractivity contribution >= 4 is 0 Å². The number of hydrogen-bond acceptors (Lipinski definition) is 2. The van der Waals surface area contributed by atoms with Crippen molar-refractivity contribution < 1.29 is 23.0 Å². The molecular formula is C13H15F3O2. The normalized spacial score (nSPS) is 21.2. The Morgan fingerprint density at radius 1 is 1.28 bits per heavy atom. The van der Waals surface area contributed by atoms with Crippen molar-refractivity contribution in [2.45, 2.75) is 37.9 Å². The van der Waals surface area contributed by atoms with Gasteiger partial charge in [-0.2, -0.15) is 0 Å². The summed E-state index contributed by atoms with van der Waals surface area (Å²) in [7, 11) is 0. The zero-order chi connectivity index (χ0) is 13.1. The fourth-order valence-electron chi connectivity index (χ4n) is 2.17. The quantitative estimate of drug-likeness (QED) is 0.843. The number of halogens is 3. The summed E-state index contributed by atoms with van der Waals surface area (Å²) in [5.41, 5.74) is -0.202. The van der Waals surface area contributed by atoms with Crippen molar-refractivity contribution in [3.8, 4) is 0 Å². The maximum atomic E-state index is 13.4. The first-order valence-electron chi connectivity index (χ1n) is 6.02. The number of aliphatic hydroxyl groups excluding tert-OH is 1. The van der Waals surface area contributed by atoms with E-state index in [1.165, 1.54) is 0 Å². The molecule has 2 unspecified atom stereocenters. The zero-order valence-electron chi connectivity index (χ0n) is 9.83. The molecule has 1 aliphatic heterocycles. The molecule has 18 heavy (non-hydrogen) atoms. The molecule has 0 bridgehead atoms. The molecule has 1 aliphatic rings. The van der Waals surface area contributed by atoms with Gasteiger partial charge in [0.25, 0.3) is 0 Å². The molecule has 1 aromatic carbocycles. The van der Waals surface area contributed by atoms with Crippen LogP contribution in [0.3, 0.4) is 0 Å². The summed E-state index contributed by atoms with van der Waals surface area (Å²) in [4.78, 5) is 0. The topological polar surface area (TPSA) is 29.5 Å². The van der Waals surface area contributed by atoms with E-state index in [1.54, 1.807) is 0 Å². The average Bonchev–Trinajstić information content (AvgIpc) is 2.86. The lowest BCUT2D eigenvalue weighted by Gasteiger charge is -2.15. The summed E-state index contributed by atoms with van der Waals surface area (Å²) in [6, 6.07) is 1.90. The van der Waals surface area contributed by atoms with Crippen LogP contribution in [0.5, 0.6) is 0 Å². The summed E-state index contributed by atoms with van der Waals surface area (Å²) >= 11 is 0. The van der Waals surface area contributed by atoms with Crippen molar-refractivity contribution in [3.63, 3.8) is 0 Å². The lowest BCUT2D eigenvalue weighted by atomic mass is 10.0. The Kier molecular flexibility index (Phi) is 4.24. The van der Waals surface area contributed by atoms with Gasteiger partial charge >= 0.3 is 0 Å². The number of aliphatic hydroxyl groups is 1. The first-order valence-corrected chi connectivity index (χ1v) is 6.02. The van der Waals surface area contributed by atoms with Crippen LogP contribution in [0.2, 0.25) is 0 Å². The Morgan fingerprint density at radius 3 is 2.72 bits per heavy atom. The van der Waals surface area contributed by atoms with Gasteiger partial charge in [0, 0.05) is 12.2 Å². The van der Waals surface area contributed by atoms with E-state index in [9.17, 15) is 18.3 Å². The monoisotopic (exact) mass is 260 g/mol. The lowest BCUT2D eigenvalue weighted by Crippen LogP contribution is -2.10. The van der Waals surface area contributed by atoms with E-state index in [-0.39, 0.29) is 18.1 Å². The largest absolute Gasteiger partial charge is 0.388 e. The average molecular weight is 260 g/mol. The third-order valence-corrected chi connectivity index (χ3v) is 3.21. The van der Waals surface area contributed by atoms with Gasteiger partial charge in [0.2, 0.25) is 0 Å². The molecule has 2 atom stereocenters. The van der Waals surface area contributed by atoms with Crippen molar-refractivity contribution in [1.82, 2.24) is 0 Å². The Bertz CT molecular complexity index is 417. The van der Waals surface area contributed by atoms with Gasteiger partial charge in [-0.1, -0.05) is 6.07 Å². The molecule has 1 heterocycles. The van der Waals surface area contributed by atoms with Crippen LogP contribution in [0.15, 0.2) is 12.1 Å². The van der Waals surface area contributed by atoms with Crippen LogP contribution in [-0.4, -0.2) is 17.8 Å². The Hall–Kier alpha value is -1.07. The predicted molar refractivity (Wildman–Crippen MR) is 59.5 cm³/mol. The van der Waals surface area contributed by atoms with Gasteiger partial charge in [0.15, 0.2) is 17.5 Å². The minimum Gasteiger partial charge on any atom is -0.388 e. The van der Waals surface area contributed by atoms with E-state index < -0.39 is 23.6 Å². The van der Waals surface area contributed by atoms with Crippen LogP contribution < -0.4 is 0 Å². The smallest absolute Gasteiger partial charge is 0.194 e. The second-order valence-electron chi connectivity index (χ2n) is 4.49. The summed E-state index contributed by atoms with van der Waals surface area (Å²) in [6.45, 7) is 0.709. The summed E-state index contributed by atoms with van der Waals surface area (Å²) < 4.78 is 44.5. The highest BCUT2D eigenvalue weighted by atomic mass is 19.2. The molecule has 100 valence electrons. The van der Waals surface area contributed by atoms with Crippen LogP contribution in [-0.2, 0) is 4.74 Å². The van der Waals surface area contributed by atoms with Gasteiger partial charge in [-0.3, -0.25) is 0 Å². The van der Waals surface area contributed by atoms with Gasteiger partial charge in [0.05, 0.1) is 12.2 Å². The van der Waals surface area contributed by atoms with E-state index in [0.29, 0.717) is 13.0 Å². The summed E-state index contributed by atoms with van der Waals surface area (Å²) in [5, 5.41) is 9.79. The SMILES string of the molecule is OC(CCC1CCCO1)c1ccc(F)c(F)c1F. The van der Waals surface area contributed by atoms with Crippen LogP contribution in [0, 0.1) is 17.5 Å². The molecule has 1 N–H and O–H groups in total. The standard InChI is InChI=1S/C13H15F3O2/c14-10-5-4-9(12(15)13(10)16)11(17)6-3-8-2-1-7-18-8/h4-5,8,11,17H,1-3,6-7H2. The molecule has 0 saturated carbocycles. The highest BCUT2D eigenvalue weighted by molar-refractivity contribution is 5.22. The number of hydrogen-bond donors (Lipinski definition) is 1. The molecule has 2 nitrogen and oxygen atoms in total. The van der Waals surface area contributed by atoms with Gasteiger partial charge in [0.1, 0.15) is 0 Å². The fraction of sp³-hybridized carbons (Fsp3) is 0.538. The molecule has 0 spiro atoms. The zero-order valence-corrected chi connectivity index (χ0v) is 9.83. The Balaban J connectivity index is 1.99. The second kappa shape index (κ2) is 5.71. The molecule has 1 fully saturated rings. The minimum absolute atomic E-state index is 0.0769. The van der Waals surface area contributed by atoms with E-state index in [0.717, 1.165) is 25.0 Å². The van der Waals surface area contributed by atoms with Crippen molar-refractivity contribution in [2.75, 3.05) is 6.61 Å². The van der Waals surface area contributed by atoms with Crippen molar-refractivity contribution in [3.05, 3.63) is 35.1 Å². The Labute approximate surface area is 103 Å². The van der Waals surface area contributed by atoms with E-state index in [1.807, 2.05) is 0 Å². The molecule has 0 radical (unpaired) electrons. The number of ether oxygens (including phenoxy) is 1. The molecule has 1 aromatic rings. The van der Waals surface area contributed by atoms with E-state index >= 15 is 0 Å². The molecule has 5 heteroatoms. The number of rotatable bonds is 4. The van der Waals surface area contributed by atoms with Gasteiger partial charge in [-0.25, -0.2) is 13.2 Å². The second-order valence-corrected chi connectivity index (χ2v) is 4.49. The fourth-order valence-corrected chi connectivity index (χ4v) is 2.17. The van der Waals surface area contributed by atoms with Crippen molar-refractivity contribution in [2.24, 2.45) is 0 Å². The molecule has 1 saturated heterocycles. The van der Waals surface area contributed by atoms with Crippen LogP contribution in [0.1, 0.15) is 37.4 Å². The minimum atomic E-state index is -1.54. The third-order valence-electron chi connectivity index (χ3n) is 3.21. The van der Waals surface area contributed by atoms with Crippen molar-refractivity contribution in [1.29, 1.82) is 0 Å².